The molecule has 0 spiro atoms. The third-order valence-electron chi connectivity index (χ3n) is 4.11. The maximum absolute atomic E-state index is 9.25. The summed E-state index contributed by atoms with van der Waals surface area (Å²) in [5.74, 6) is 0. The maximum Gasteiger partial charge on any atom is 0.105 e. The van der Waals surface area contributed by atoms with E-state index in [0.29, 0.717) is 6.04 Å². The van der Waals surface area contributed by atoms with Crippen LogP contribution in [-0.2, 0) is 0 Å². The van der Waals surface area contributed by atoms with Crippen LogP contribution in [0.5, 0.6) is 0 Å². The first-order valence-electron chi connectivity index (χ1n) is 6.98. The van der Waals surface area contributed by atoms with E-state index in [2.05, 4.69) is 37.1 Å². The fourth-order valence-corrected chi connectivity index (χ4v) is 2.89. The van der Waals surface area contributed by atoms with Gasteiger partial charge in [-0.15, -0.1) is 0 Å². The molecule has 0 aliphatic carbocycles. The minimum Gasteiger partial charge on any atom is -0.300 e. The Hall–Kier alpha value is -0.590. The second kappa shape index (κ2) is 6.37. The Bertz CT molecular complexity index is 271. The van der Waals surface area contributed by atoms with Crippen molar-refractivity contribution in [2.24, 2.45) is 0 Å². The van der Waals surface area contributed by atoms with Gasteiger partial charge in [0.15, 0.2) is 0 Å². The molecule has 0 saturated carbocycles. The summed E-state index contributed by atoms with van der Waals surface area (Å²) in [7, 11) is 0. The molecule has 1 aliphatic heterocycles. The third kappa shape index (κ3) is 3.69. The van der Waals surface area contributed by atoms with Crippen molar-refractivity contribution in [2.75, 3.05) is 13.1 Å². The van der Waals surface area contributed by atoms with Gasteiger partial charge in [-0.1, -0.05) is 13.8 Å². The van der Waals surface area contributed by atoms with Gasteiger partial charge in [0.2, 0.25) is 0 Å². The first-order chi connectivity index (χ1) is 8.06. The van der Waals surface area contributed by atoms with E-state index >= 15 is 0 Å². The summed E-state index contributed by atoms with van der Waals surface area (Å²) in [6.45, 7) is 10.5. The summed E-state index contributed by atoms with van der Waals surface area (Å²) < 4.78 is 0. The van der Waals surface area contributed by atoms with Gasteiger partial charge in [-0.3, -0.25) is 10.2 Å². The van der Waals surface area contributed by atoms with Gasteiger partial charge in [0, 0.05) is 18.6 Å². The third-order valence-corrected chi connectivity index (χ3v) is 4.11. The molecule has 0 aromatic carbocycles. The van der Waals surface area contributed by atoms with Crippen molar-refractivity contribution in [1.29, 1.82) is 5.26 Å². The van der Waals surface area contributed by atoms with Crippen LogP contribution in [0.25, 0.3) is 0 Å². The summed E-state index contributed by atoms with van der Waals surface area (Å²) in [5, 5.41) is 12.5. The Balaban J connectivity index is 2.51. The van der Waals surface area contributed by atoms with E-state index in [4.69, 9.17) is 0 Å². The van der Waals surface area contributed by atoms with E-state index in [1.807, 2.05) is 6.92 Å². The molecule has 17 heavy (non-hydrogen) atoms. The molecule has 0 radical (unpaired) electrons. The first-order valence-corrected chi connectivity index (χ1v) is 6.98. The zero-order valence-corrected chi connectivity index (χ0v) is 11.8. The van der Waals surface area contributed by atoms with Crippen molar-refractivity contribution in [3.63, 3.8) is 0 Å². The molecule has 1 rings (SSSR count). The number of nitrogens with zero attached hydrogens (tertiary/aromatic N) is 2. The highest BCUT2D eigenvalue weighted by atomic mass is 15.2. The van der Waals surface area contributed by atoms with E-state index in [0.717, 1.165) is 25.6 Å². The SMILES string of the molecule is CCNC(C)(C#N)CCN1C(C)CCC1CC. The van der Waals surface area contributed by atoms with Crippen LogP contribution in [0.1, 0.15) is 53.4 Å². The molecule has 1 aliphatic rings. The number of nitrogens with one attached hydrogen (secondary N) is 1. The van der Waals surface area contributed by atoms with E-state index in [-0.39, 0.29) is 5.54 Å². The molecule has 3 nitrogen and oxygen atoms in total. The number of hydrogen-bond acceptors (Lipinski definition) is 3. The number of nitriles is 1. The minimum absolute atomic E-state index is 0.366. The summed E-state index contributed by atoms with van der Waals surface area (Å²) in [4.78, 5) is 2.59. The summed E-state index contributed by atoms with van der Waals surface area (Å²) in [6, 6.07) is 3.83. The molecule has 0 aromatic heterocycles. The predicted molar refractivity (Wildman–Crippen MR) is 71.8 cm³/mol. The Labute approximate surface area is 106 Å². The molecule has 3 heteroatoms. The first kappa shape index (κ1) is 14.5. The lowest BCUT2D eigenvalue weighted by molar-refractivity contribution is 0.181. The Morgan fingerprint density at radius 1 is 1.41 bits per heavy atom. The second-order valence-electron chi connectivity index (χ2n) is 5.45. The Morgan fingerprint density at radius 2 is 2.12 bits per heavy atom. The lowest BCUT2D eigenvalue weighted by Gasteiger charge is -2.31. The average molecular weight is 237 g/mol. The van der Waals surface area contributed by atoms with Gasteiger partial charge < -0.3 is 0 Å². The molecule has 3 unspecified atom stereocenters. The van der Waals surface area contributed by atoms with Crippen LogP contribution in [0, 0.1) is 11.3 Å². The van der Waals surface area contributed by atoms with Crippen LogP contribution in [0.3, 0.4) is 0 Å². The lowest BCUT2D eigenvalue weighted by Crippen LogP contribution is -2.45. The smallest absolute Gasteiger partial charge is 0.105 e. The van der Waals surface area contributed by atoms with Crippen LogP contribution in [-0.4, -0.2) is 35.6 Å². The quantitative estimate of drug-likeness (QED) is 0.771. The maximum atomic E-state index is 9.25. The van der Waals surface area contributed by atoms with Gasteiger partial charge in [-0.2, -0.15) is 5.26 Å². The fourth-order valence-electron chi connectivity index (χ4n) is 2.89. The van der Waals surface area contributed by atoms with Gasteiger partial charge in [0.1, 0.15) is 5.54 Å². The van der Waals surface area contributed by atoms with Gasteiger partial charge in [-0.25, -0.2) is 0 Å². The molecule has 3 atom stereocenters. The van der Waals surface area contributed by atoms with Gasteiger partial charge in [-0.05, 0) is 46.1 Å². The van der Waals surface area contributed by atoms with E-state index in [9.17, 15) is 5.26 Å². The monoisotopic (exact) mass is 237 g/mol. The molecule has 98 valence electrons. The second-order valence-corrected chi connectivity index (χ2v) is 5.45. The summed E-state index contributed by atoms with van der Waals surface area (Å²) in [6.07, 6.45) is 4.78. The van der Waals surface area contributed by atoms with Crippen LogP contribution in [0.2, 0.25) is 0 Å². The number of rotatable bonds is 6. The molecule has 0 bridgehead atoms. The molecule has 0 amide bonds. The molecule has 1 N–H and O–H groups in total. The Kier molecular flexibility index (Phi) is 5.42. The predicted octanol–water partition coefficient (Wildman–Crippen LogP) is 2.53. The van der Waals surface area contributed by atoms with Gasteiger partial charge in [0.05, 0.1) is 6.07 Å². The fraction of sp³-hybridized carbons (Fsp3) is 0.929. The summed E-state index contributed by atoms with van der Waals surface area (Å²) in [5.41, 5.74) is -0.366. The van der Waals surface area contributed by atoms with Crippen LogP contribution in [0.15, 0.2) is 0 Å². The highest BCUT2D eigenvalue weighted by Gasteiger charge is 2.31. The van der Waals surface area contributed by atoms with E-state index in [1.165, 1.54) is 19.3 Å². The largest absolute Gasteiger partial charge is 0.300 e. The molecular formula is C14H27N3. The van der Waals surface area contributed by atoms with Crippen LogP contribution >= 0.6 is 0 Å². The highest BCUT2D eigenvalue weighted by Crippen LogP contribution is 2.27. The molecule has 1 heterocycles. The van der Waals surface area contributed by atoms with Crippen LogP contribution < -0.4 is 5.32 Å². The highest BCUT2D eigenvalue weighted by molar-refractivity contribution is 5.04. The van der Waals surface area contributed by atoms with Crippen molar-refractivity contribution in [2.45, 2.75) is 71.0 Å². The van der Waals surface area contributed by atoms with Crippen molar-refractivity contribution >= 4 is 0 Å². The van der Waals surface area contributed by atoms with Crippen LogP contribution in [0.4, 0.5) is 0 Å². The van der Waals surface area contributed by atoms with Gasteiger partial charge >= 0.3 is 0 Å². The molecule has 1 saturated heterocycles. The zero-order chi connectivity index (χ0) is 12.9. The molecule has 0 aromatic rings. The minimum atomic E-state index is -0.366. The molecule has 1 fully saturated rings. The zero-order valence-electron chi connectivity index (χ0n) is 11.8. The summed E-state index contributed by atoms with van der Waals surface area (Å²) >= 11 is 0. The lowest BCUT2D eigenvalue weighted by atomic mass is 9.99. The van der Waals surface area contributed by atoms with E-state index < -0.39 is 0 Å². The van der Waals surface area contributed by atoms with Crippen molar-refractivity contribution in [3.05, 3.63) is 0 Å². The number of likely N-dealkylation sites (tertiary alicyclic amines) is 1. The normalized spacial score (nSPS) is 28.9. The standard InChI is InChI=1S/C14H27N3/c1-5-13-8-7-12(3)17(13)10-9-14(4,11-15)16-6-2/h12-13,16H,5-10H2,1-4H3. The Morgan fingerprint density at radius 3 is 2.65 bits per heavy atom. The van der Waals surface area contributed by atoms with Gasteiger partial charge in [0.25, 0.3) is 0 Å². The van der Waals surface area contributed by atoms with Crippen molar-refractivity contribution < 1.29 is 0 Å². The van der Waals surface area contributed by atoms with Crippen molar-refractivity contribution in [3.8, 4) is 6.07 Å². The number of hydrogen-bond donors (Lipinski definition) is 1. The van der Waals surface area contributed by atoms with E-state index in [1.54, 1.807) is 0 Å². The topological polar surface area (TPSA) is 39.1 Å². The molecular weight excluding hydrogens is 210 g/mol. The van der Waals surface area contributed by atoms with Crippen molar-refractivity contribution in [1.82, 2.24) is 10.2 Å². The average Bonchev–Trinajstić information content (AvgIpc) is 2.68.